The van der Waals surface area contributed by atoms with Gasteiger partial charge in [-0.25, -0.2) is 13.1 Å². The summed E-state index contributed by atoms with van der Waals surface area (Å²) < 4.78 is 27.7. The van der Waals surface area contributed by atoms with E-state index < -0.39 is 10.0 Å². The van der Waals surface area contributed by atoms with Gasteiger partial charge in [0.15, 0.2) is 0 Å². The van der Waals surface area contributed by atoms with E-state index in [1.54, 1.807) is 18.2 Å². The number of sulfonamides is 1. The summed E-state index contributed by atoms with van der Waals surface area (Å²) in [4.78, 5) is 3.26. The first kappa shape index (κ1) is 14.4. The SMILES string of the molecule is Nc1ccc2[nH]cc(S(=O)(=O)NCC3CCCCC3)c2c1. The minimum atomic E-state index is -3.50. The van der Waals surface area contributed by atoms with Gasteiger partial charge in [-0.3, -0.25) is 0 Å². The lowest BCUT2D eigenvalue weighted by Crippen LogP contribution is -2.30. The molecule has 1 aliphatic rings. The Hall–Kier alpha value is -1.53. The Morgan fingerprint density at radius 3 is 2.76 bits per heavy atom. The summed E-state index contributed by atoms with van der Waals surface area (Å²) in [6.45, 7) is 0.525. The first-order chi connectivity index (χ1) is 10.1. The van der Waals surface area contributed by atoms with E-state index in [2.05, 4.69) is 9.71 Å². The monoisotopic (exact) mass is 307 g/mol. The minimum absolute atomic E-state index is 0.278. The molecule has 0 amide bonds. The number of fused-ring (bicyclic) bond motifs is 1. The molecule has 1 aromatic carbocycles. The van der Waals surface area contributed by atoms with Crippen molar-refractivity contribution in [3.63, 3.8) is 0 Å². The van der Waals surface area contributed by atoms with E-state index in [9.17, 15) is 8.42 Å². The van der Waals surface area contributed by atoms with Crippen molar-refractivity contribution in [2.75, 3.05) is 12.3 Å². The molecule has 21 heavy (non-hydrogen) atoms. The van der Waals surface area contributed by atoms with E-state index >= 15 is 0 Å². The number of hydrogen-bond acceptors (Lipinski definition) is 3. The van der Waals surface area contributed by atoms with Crippen molar-refractivity contribution in [2.45, 2.75) is 37.0 Å². The first-order valence-corrected chi connectivity index (χ1v) is 8.91. The Morgan fingerprint density at radius 1 is 1.24 bits per heavy atom. The van der Waals surface area contributed by atoms with Crippen molar-refractivity contribution in [2.24, 2.45) is 5.92 Å². The zero-order valence-corrected chi connectivity index (χ0v) is 12.7. The maximum Gasteiger partial charge on any atom is 0.242 e. The van der Waals surface area contributed by atoms with Crippen LogP contribution in [0.25, 0.3) is 10.9 Å². The number of rotatable bonds is 4. The highest BCUT2D eigenvalue weighted by Gasteiger charge is 2.21. The fraction of sp³-hybridized carbons (Fsp3) is 0.467. The molecule has 0 spiro atoms. The fourth-order valence-corrected chi connectivity index (χ4v) is 4.31. The lowest BCUT2D eigenvalue weighted by atomic mass is 9.90. The molecule has 5 nitrogen and oxygen atoms in total. The van der Waals surface area contributed by atoms with Gasteiger partial charge < -0.3 is 10.7 Å². The van der Waals surface area contributed by atoms with Crippen molar-refractivity contribution >= 4 is 26.6 Å². The molecule has 0 aliphatic heterocycles. The number of aromatic nitrogens is 1. The Bertz CT molecular complexity index is 730. The second kappa shape index (κ2) is 5.69. The highest BCUT2D eigenvalue weighted by molar-refractivity contribution is 7.89. The van der Waals surface area contributed by atoms with Crippen LogP contribution in [0.15, 0.2) is 29.3 Å². The standard InChI is InChI=1S/C15H21N3O2S/c16-12-6-7-14-13(8-12)15(10-17-14)21(19,20)18-9-11-4-2-1-3-5-11/h6-8,10-11,17-18H,1-5,9,16H2. The van der Waals surface area contributed by atoms with Crippen molar-refractivity contribution in [1.29, 1.82) is 0 Å². The topological polar surface area (TPSA) is 88.0 Å². The summed E-state index contributed by atoms with van der Waals surface area (Å²) in [7, 11) is -3.50. The van der Waals surface area contributed by atoms with Gasteiger partial charge in [0.25, 0.3) is 0 Å². The van der Waals surface area contributed by atoms with Gasteiger partial charge in [-0.1, -0.05) is 19.3 Å². The number of benzene rings is 1. The van der Waals surface area contributed by atoms with Crippen LogP contribution in [0.5, 0.6) is 0 Å². The lowest BCUT2D eigenvalue weighted by molar-refractivity contribution is 0.357. The van der Waals surface area contributed by atoms with Crippen molar-refractivity contribution in [3.8, 4) is 0 Å². The molecule has 0 unspecified atom stereocenters. The third-order valence-electron chi connectivity index (χ3n) is 4.24. The fourth-order valence-electron chi connectivity index (χ4n) is 3.03. The summed E-state index contributed by atoms with van der Waals surface area (Å²) in [5, 5.41) is 0.645. The van der Waals surface area contributed by atoms with Crippen LogP contribution < -0.4 is 10.5 Å². The number of nitrogen functional groups attached to an aromatic ring is 1. The van der Waals surface area contributed by atoms with Gasteiger partial charge >= 0.3 is 0 Å². The van der Waals surface area contributed by atoms with Gasteiger partial charge in [-0.2, -0.15) is 0 Å². The van der Waals surface area contributed by atoms with E-state index in [0.717, 1.165) is 18.4 Å². The molecule has 1 aliphatic carbocycles. The highest BCUT2D eigenvalue weighted by atomic mass is 32.2. The smallest absolute Gasteiger partial charge is 0.242 e. The van der Waals surface area contributed by atoms with Crippen LogP contribution >= 0.6 is 0 Å². The summed E-state index contributed by atoms with van der Waals surface area (Å²) in [5.74, 6) is 0.462. The van der Waals surface area contributed by atoms with Gasteiger partial charge in [0, 0.05) is 29.3 Å². The lowest BCUT2D eigenvalue weighted by Gasteiger charge is -2.21. The van der Waals surface area contributed by atoms with Gasteiger partial charge in [0.05, 0.1) is 0 Å². The molecular weight excluding hydrogens is 286 g/mol. The molecule has 4 N–H and O–H groups in total. The van der Waals surface area contributed by atoms with Crippen LogP contribution in [0.2, 0.25) is 0 Å². The third kappa shape index (κ3) is 3.06. The first-order valence-electron chi connectivity index (χ1n) is 7.42. The van der Waals surface area contributed by atoms with Crippen molar-refractivity contribution in [3.05, 3.63) is 24.4 Å². The van der Waals surface area contributed by atoms with Crippen molar-refractivity contribution in [1.82, 2.24) is 9.71 Å². The third-order valence-corrected chi connectivity index (χ3v) is 5.71. The molecule has 1 aromatic heterocycles. The molecule has 1 fully saturated rings. The molecule has 0 atom stereocenters. The van der Waals surface area contributed by atoms with E-state index in [0.29, 0.717) is 23.5 Å². The zero-order valence-electron chi connectivity index (χ0n) is 11.9. The maximum absolute atomic E-state index is 12.5. The van der Waals surface area contributed by atoms with E-state index in [1.165, 1.54) is 25.5 Å². The largest absolute Gasteiger partial charge is 0.399 e. The van der Waals surface area contributed by atoms with Gasteiger partial charge in [0.1, 0.15) is 4.90 Å². The van der Waals surface area contributed by atoms with Crippen molar-refractivity contribution < 1.29 is 8.42 Å². The predicted molar refractivity (Wildman–Crippen MR) is 84.5 cm³/mol. The molecule has 0 radical (unpaired) electrons. The minimum Gasteiger partial charge on any atom is -0.399 e. The molecule has 0 bridgehead atoms. The van der Waals surface area contributed by atoms with Gasteiger partial charge in [-0.05, 0) is 37.0 Å². The Balaban J connectivity index is 1.81. The number of nitrogens with two attached hydrogens (primary N) is 1. The molecule has 1 saturated carbocycles. The molecule has 2 aromatic rings. The van der Waals surface area contributed by atoms with Crippen LogP contribution in [0, 0.1) is 5.92 Å². The zero-order chi connectivity index (χ0) is 14.9. The number of aromatic amines is 1. The molecule has 6 heteroatoms. The number of anilines is 1. The Labute approximate surface area is 125 Å². The number of hydrogen-bond donors (Lipinski definition) is 3. The van der Waals surface area contributed by atoms with Crippen LogP contribution in [-0.4, -0.2) is 19.9 Å². The average Bonchev–Trinajstić information content (AvgIpc) is 2.90. The number of nitrogens with one attached hydrogen (secondary N) is 2. The summed E-state index contributed by atoms with van der Waals surface area (Å²) >= 11 is 0. The van der Waals surface area contributed by atoms with Crippen LogP contribution in [0.3, 0.4) is 0 Å². The van der Waals surface area contributed by atoms with Gasteiger partial charge in [-0.15, -0.1) is 0 Å². The predicted octanol–water partition coefficient (Wildman–Crippen LogP) is 2.61. The molecule has 114 valence electrons. The highest BCUT2D eigenvalue weighted by Crippen LogP contribution is 2.26. The second-order valence-electron chi connectivity index (χ2n) is 5.81. The van der Waals surface area contributed by atoms with E-state index in [-0.39, 0.29) is 4.90 Å². The quantitative estimate of drug-likeness (QED) is 0.759. The van der Waals surface area contributed by atoms with E-state index in [4.69, 9.17) is 5.73 Å². The molecule has 0 saturated heterocycles. The summed E-state index contributed by atoms with van der Waals surface area (Å²) in [6.07, 6.45) is 7.44. The Morgan fingerprint density at radius 2 is 2.00 bits per heavy atom. The second-order valence-corrected chi connectivity index (χ2v) is 7.55. The average molecular weight is 307 g/mol. The van der Waals surface area contributed by atoms with Crippen LogP contribution in [-0.2, 0) is 10.0 Å². The Kier molecular flexibility index (Phi) is 3.91. The maximum atomic E-state index is 12.5. The number of H-pyrrole nitrogens is 1. The molecular formula is C15H21N3O2S. The van der Waals surface area contributed by atoms with E-state index in [1.807, 2.05) is 0 Å². The van der Waals surface area contributed by atoms with Crippen LogP contribution in [0.1, 0.15) is 32.1 Å². The molecule has 3 rings (SSSR count). The van der Waals surface area contributed by atoms with Gasteiger partial charge in [0.2, 0.25) is 10.0 Å². The normalized spacial score (nSPS) is 17.3. The summed E-state index contributed by atoms with van der Waals surface area (Å²) in [6, 6.07) is 5.25. The van der Waals surface area contributed by atoms with Crippen LogP contribution in [0.4, 0.5) is 5.69 Å². The summed E-state index contributed by atoms with van der Waals surface area (Å²) in [5.41, 5.74) is 7.10. The molecule has 1 heterocycles.